The van der Waals surface area contributed by atoms with Gasteiger partial charge in [-0.3, -0.25) is 9.59 Å². The summed E-state index contributed by atoms with van der Waals surface area (Å²) < 4.78 is 10.9. The Morgan fingerprint density at radius 2 is 1.83 bits per heavy atom. The van der Waals surface area contributed by atoms with Gasteiger partial charge in [0.25, 0.3) is 5.91 Å². The van der Waals surface area contributed by atoms with Gasteiger partial charge in [-0.05, 0) is 25.1 Å². The molecule has 0 aliphatic carbocycles. The monoisotopic (exact) mass is 323 g/mol. The molecular formula is C19H17NO4. The average Bonchev–Trinajstić information content (AvgIpc) is 2.61. The number of methoxy groups -OCH3 is 1. The maximum Gasteiger partial charge on any atom is 0.287 e. The van der Waals surface area contributed by atoms with Gasteiger partial charge in [-0.2, -0.15) is 0 Å². The van der Waals surface area contributed by atoms with E-state index in [4.69, 9.17) is 9.15 Å². The van der Waals surface area contributed by atoms with E-state index in [0.29, 0.717) is 16.7 Å². The number of carbonyl (C=O) groups is 1. The topological polar surface area (TPSA) is 68.5 Å². The highest BCUT2D eigenvalue weighted by molar-refractivity contribution is 5.93. The summed E-state index contributed by atoms with van der Waals surface area (Å²) in [5.74, 6) is 0.224. The second-order valence-corrected chi connectivity index (χ2v) is 5.41. The van der Waals surface area contributed by atoms with E-state index in [1.54, 1.807) is 31.4 Å². The number of rotatable bonds is 4. The average molecular weight is 323 g/mol. The Balaban J connectivity index is 1.88. The quantitative estimate of drug-likeness (QED) is 0.800. The number of fused-ring (bicyclic) bond motifs is 1. The molecule has 1 amide bonds. The van der Waals surface area contributed by atoms with Crippen LogP contribution in [0.2, 0.25) is 0 Å². The van der Waals surface area contributed by atoms with E-state index >= 15 is 0 Å². The smallest absolute Gasteiger partial charge is 0.287 e. The third-order valence-corrected chi connectivity index (χ3v) is 3.81. The van der Waals surface area contributed by atoms with Crippen LogP contribution in [0.3, 0.4) is 0 Å². The van der Waals surface area contributed by atoms with Crippen molar-refractivity contribution >= 4 is 16.9 Å². The first-order valence-electron chi connectivity index (χ1n) is 7.57. The summed E-state index contributed by atoms with van der Waals surface area (Å²) in [5.41, 5.74) is 0.989. The zero-order valence-corrected chi connectivity index (χ0v) is 13.4. The van der Waals surface area contributed by atoms with Gasteiger partial charge in [-0.1, -0.05) is 30.3 Å². The van der Waals surface area contributed by atoms with Crippen LogP contribution in [0.5, 0.6) is 5.75 Å². The van der Waals surface area contributed by atoms with Gasteiger partial charge in [0.15, 0.2) is 11.2 Å². The Hall–Kier alpha value is -3.08. The van der Waals surface area contributed by atoms with E-state index in [-0.39, 0.29) is 17.2 Å². The number of hydrogen-bond acceptors (Lipinski definition) is 4. The number of amides is 1. The molecule has 0 spiro atoms. The van der Waals surface area contributed by atoms with Crippen molar-refractivity contribution in [3.63, 3.8) is 0 Å². The predicted molar refractivity (Wildman–Crippen MR) is 91.4 cm³/mol. The molecule has 1 aromatic heterocycles. The number of para-hydroxylation sites is 2. The summed E-state index contributed by atoms with van der Waals surface area (Å²) in [7, 11) is 1.58. The highest BCUT2D eigenvalue weighted by atomic mass is 16.5. The maximum atomic E-state index is 12.4. The predicted octanol–water partition coefficient (Wildman–Crippen LogP) is 3.29. The molecule has 0 bridgehead atoms. The maximum absolute atomic E-state index is 12.4. The molecule has 24 heavy (non-hydrogen) atoms. The number of hydrogen-bond donors (Lipinski definition) is 1. The Bertz CT molecular complexity index is 945. The van der Waals surface area contributed by atoms with Gasteiger partial charge in [0.2, 0.25) is 0 Å². The van der Waals surface area contributed by atoms with Crippen LogP contribution in [0, 0.1) is 0 Å². The molecule has 5 heteroatoms. The van der Waals surface area contributed by atoms with Gasteiger partial charge in [0, 0.05) is 11.6 Å². The Labute approximate surface area is 138 Å². The van der Waals surface area contributed by atoms with Crippen molar-refractivity contribution in [1.29, 1.82) is 0 Å². The van der Waals surface area contributed by atoms with Crippen molar-refractivity contribution in [3.05, 3.63) is 76.1 Å². The number of carbonyl (C=O) groups excluding carboxylic acids is 1. The minimum atomic E-state index is -0.448. The fourth-order valence-corrected chi connectivity index (χ4v) is 2.59. The highest BCUT2D eigenvalue weighted by Gasteiger charge is 2.17. The van der Waals surface area contributed by atoms with Crippen LogP contribution in [0.15, 0.2) is 63.8 Å². The van der Waals surface area contributed by atoms with Crippen LogP contribution >= 0.6 is 0 Å². The molecule has 0 saturated heterocycles. The molecule has 0 saturated carbocycles. The first-order chi connectivity index (χ1) is 11.6. The lowest BCUT2D eigenvalue weighted by Crippen LogP contribution is -2.27. The Morgan fingerprint density at radius 1 is 1.12 bits per heavy atom. The summed E-state index contributed by atoms with van der Waals surface area (Å²) in [6.07, 6.45) is 0. The number of benzene rings is 2. The second-order valence-electron chi connectivity index (χ2n) is 5.41. The van der Waals surface area contributed by atoms with Gasteiger partial charge in [-0.15, -0.1) is 0 Å². The molecule has 3 aromatic rings. The largest absolute Gasteiger partial charge is 0.496 e. The molecule has 3 rings (SSSR count). The Kier molecular flexibility index (Phi) is 4.33. The minimum absolute atomic E-state index is 0.0135. The third kappa shape index (κ3) is 3.01. The van der Waals surface area contributed by atoms with Crippen LogP contribution in [0.25, 0.3) is 11.0 Å². The van der Waals surface area contributed by atoms with E-state index in [9.17, 15) is 9.59 Å². The van der Waals surface area contributed by atoms with E-state index in [1.807, 2.05) is 31.2 Å². The molecule has 122 valence electrons. The molecule has 1 unspecified atom stereocenters. The van der Waals surface area contributed by atoms with Crippen molar-refractivity contribution in [2.24, 2.45) is 0 Å². The summed E-state index contributed by atoms with van der Waals surface area (Å²) in [5, 5.41) is 3.28. The third-order valence-electron chi connectivity index (χ3n) is 3.81. The van der Waals surface area contributed by atoms with E-state index < -0.39 is 5.91 Å². The normalized spacial score (nSPS) is 11.9. The molecule has 1 heterocycles. The van der Waals surface area contributed by atoms with Gasteiger partial charge in [0.05, 0.1) is 18.5 Å². The summed E-state index contributed by atoms with van der Waals surface area (Å²) >= 11 is 0. The van der Waals surface area contributed by atoms with E-state index in [0.717, 1.165) is 5.56 Å². The summed E-state index contributed by atoms with van der Waals surface area (Å²) in [4.78, 5) is 24.5. The van der Waals surface area contributed by atoms with Gasteiger partial charge < -0.3 is 14.5 Å². The minimum Gasteiger partial charge on any atom is -0.496 e. The van der Waals surface area contributed by atoms with Crippen LogP contribution in [-0.2, 0) is 0 Å². The molecule has 0 aliphatic rings. The van der Waals surface area contributed by atoms with Crippen molar-refractivity contribution in [2.75, 3.05) is 7.11 Å². The van der Waals surface area contributed by atoms with Gasteiger partial charge in [-0.25, -0.2) is 0 Å². The highest BCUT2D eigenvalue weighted by Crippen LogP contribution is 2.24. The first-order valence-corrected chi connectivity index (χ1v) is 7.57. The van der Waals surface area contributed by atoms with Crippen molar-refractivity contribution in [3.8, 4) is 5.75 Å². The van der Waals surface area contributed by atoms with Crippen LogP contribution in [0.4, 0.5) is 0 Å². The summed E-state index contributed by atoms with van der Waals surface area (Å²) in [6, 6.07) is 15.2. The molecule has 0 fully saturated rings. The fraction of sp³-hybridized carbons (Fsp3) is 0.158. The first kappa shape index (κ1) is 15.8. The van der Waals surface area contributed by atoms with Gasteiger partial charge in [0.1, 0.15) is 11.3 Å². The van der Waals surface area contributed by atoms with Gasteiger partial charge >= 0.3 is 0 Å². The molecule has 1 N–H and O–H groups in total. The SMILES string of the molecule is COc1ccccc1C(C)NC(=O)c1cc(=O)c2ccccc2o1. The zero-order valence-electron chi connectivity index (χ0n) is 13.4. The van der Waals surface area contributed by atoms with Crippen molar-refractivity contribution in [1.82, 2.24) is 5.32 Å². The lowest BCUT2D eigenvalue weighted by Gasteiger charge is -2.16. The second kappa shape index (κ2) is 6.58. The molecule has 5 nitrogen and oxygen atoms in total. The van der Waals surface area contributed by atoms with Crippen molar-refractivity contribution in [2.45, 2.75) is 13.0 Å². The molecule has 0 aliphatic heterocycles. The molecule has 2 aromatic carbocycles. The standard InChI is InChI=1S/C19H17NO4/c1-12(13-7-3-5-9-16(13)23-2)20-19(22)18-11-15(21)14-8-4-6-10-17(14)24-18/h3-12H,1-2H3,(H,20,22). The zero-order chi connectivity index (χ0) is 17.1. The fourth-order valence-electron chi connectivity index (χ4n) is 2.59. The molecular weight excluding hydrogens is 306 g/mol. The molecule has 1 atom stereocenters. The van der Waals surface area contributed by atoms with E-state index in [1.165, 1.54) is 6.07 Å². The lowest BCUT2D eigenvalue weighted by atomic mass is 10.1. The molecule has 0 radical (unpaired) electrons. The lowest BCUT2D eigenvalue weighted by molar-refractivity contribution is 0.0912. The summed E-state index contributed by atoms with van der Waals surface area (Å²) in [6.45, 7) is 1.84. The van der Waals surface area contributed by atoms with E-state index in [2.05, 4.69) is 5.32 Å². The Morgan fingerprint density at radius 3 is 2.62 bits per heavy atom. The van der Waals surface area contributed by atoms with Crippen LogP contribution < -0.4 is 15.5 Å². The number of ether oxygens (including phenoxy) is 1. The van der Waals surface area contributed by atoms with Crippen molar-refractivity contribution < 1.29 is 13.9 Å². The van der Waals surface area contributed by atoms with Crippen LogP contribution in [-0.4, -0.2) is 13.0 Å². The van der Waals surface area contributed by atoms with Crippen LogP contribution in [0.1, 0.15) is 29.1 Å². The number of nitrogens with one attached hydrogen (secondary N) is 1.